The summed E-state index contributed by atoms with van der Waals surface area (Å²) in [6, 6.07) is 3.97. The van der Waals surface area contributed by atoms with Gasteiger partial charge < -0.3 is 19.4 Å². The Hall–Kier alpha value is -3.28. The van der Waals surface area contributed by atoms with Gasteiger partial charge in [-0.2, -0.15) is 5.10 Å². The van der Waals surface area contributed by atoms with Crippen molar-refractivity contribution in [3.8, 4) is 23.0 Å². The molecule has 2 aliphatic rings. The minimum absolute atomic E-state index is 0.537. The van der Waals surface area contributed by atoms with Crippen LogP contribution in [-0.4, -0.2) is 74.2 Å². The highest BCUT2D eigenvalue weighted by atomic mass is 32.1. The highest BCUT2D eigenvalue weighted by molar-refractivity contribution is 7.14. The number of aromatic nitrogens is 6. The van der Waals surface area contributed by atoms with Gasteiger partial charge in [0.25, 0.3) is 0 Å². The van der Waals surface area contributed by atoms with Crippen LogP contribution < -0.4 is 10.1 Å². The maximum Gasteiger partial charge on any atom is 0.238 e. The summed E-state index contributed by atoms with van der Waals surface area (Å²) in [5, 5.41) is 11.5. The lowest BCUT2D eigenvalue weighted by molar-refractivity contribution is 0.0368. The SMILES string of the molecule is COc1nc(-c2csc(Nc3c4c(nn3CCCN3CCOCC3)CCCC4)n2)ccc1-n1cnc(C)c1. The number of pyridine rings is 1. The Morgan fingerprint density at radius 2 is 1.95 bits per heavy atom. The van der Waals surface area contributed by atoms with Crippen LogP contribution in [0.2, 0.25) is 0 Å². The van der Waals surface area contributed by atoms with Crippen molar-refractivity contribution in [1.29, 1.82) is 0 Å². The van der Waals surface area contributed by atoms with E-state index in [4.69, 9.17) is 24.5 Å². The fourth-order valence-corrected chi connectivity index (χ4v) is 5.91. The lowest BCUT2D eigenvalue weighted by atomic mass is 9.97. The molecule has 0 unspecified atom stereocenters. The number of nitrogens with one attached hydrogen (secondary N) is 1. The second-order valence-electron chi connectivity index (χ2n) is 9.82. The predicted molar refractivity (Wildman–Crippen MR) is 148 cm³/mol. The molecule has 11 heteroatoms. The van der Waals surface area contributed by atoms with Crippen LogP contribution in [0.4, 0.5) is 10.9 Å². The number of hydrogen-bond donors (Lipinski definition) is 1. The average molecular weight is 535 g/mol. The number of rotatable bonds is 9. The van der Waals surface area contributed by atoms with Crippen LogP contribution in [0.5, 0.6) is 5.88 Å². The van der Waals surface area contributed by atoms with Gasteiger partial charge in [-0.05, 0) is 51.2 Å². The minimum atomic E-state index is 0.537. The van der Waals surface area contributed by atoms with Gasteiger partial charge in [-0.25, -0.2) is 19.6 Å². The van der Waals surface area contributed by atoms with Gasteiger partial charge in [0.15, 0.2) is 5.13 Å². The van der Waals surface area contributed by atoms with Crippen LogP contribution in [0.3, 0.4) is 0 Å². The Bertz CT molecular complexity index is 1390. The van der Waals surface area contributed by atoms with Crippen molar-refractivity contribution >= 4 is 22.3 Å². The maximum atomic E-state index is 5.60. The van der Waals surface area contributed by atoms with E-state index in [0.29, 0.717) is 5.88 Å². The van der Waals surface area contributed by atoms with E-state index in [1.165, 1.54) is 24.1 Å². The van der Waals surface area contributed by atoms with Gasteiger partial charge in [0.05, 0.1) is 43.7 Å². The summed E-state index contributed by atoms with van der Waals surface area (Å²) in [4.78, 5) is 16.4. The molecule has 6 rings (SSSR count). The summed E-state index contributed by atoms with van der Waals surface area (Å²) in [6.45, 7) is 7.62. The molecule has 0 amide bonds. The summed E-state index contributed by atoms with van der Waals surface area (Å²) >= 11 is 1.58. The van der Waals surface area contributed by atoms with Crippen molar-refractivity contribution < 1.29 is 9.47 Å². The second kappa shape index (κ2) is 11.2. The van der Waals surface area contributed by atoms with E-state index in [-0.39, 0.29) is 0 Å². The first kappa shape index (κ1) is 25.0. The molecule has 0 radical (unpaired) electrons. The summed E-state index contributed by atoms with van der Waals surface area (Å²) in [7, 11) is 1.64. The standard InChI is InChI=1S/C27H34N8O2S/c1-19-16-34(18-28-19)24-9-8-22(29-26(24)36-2)23-17-38-27(30-23)31-25-20-6-3-4-7-21(20)32-35(25)11-5-10-33-12-14-37-15-13-33/h8-9,16-18H,3-7,10-15H2,1-2H3,(H,30,31). The predicted octanol–water partition coefficient (Wildman–Crippen LogP) is 4.25. The van der Waals surface area contributed by atoms with Crippen LogP contribution in [0.15, 0.2) is 30.0 Å². The molecule has 1 fully saturated rings. The lowest BCUT2D eigenvalue weighted by Crippen LogP contribution is -2.37. The molecule has 200 valence electrons. The lowest BCUT2D eigenvalue weighted by Gasteiger charge is -2.26. The Kier molecular flexibility index (Phi) is 7.39. The Morgan fingerprint density at radius 3 is 2.76 bits per heavy atom. The normalized spacial score (nSPS) is 15.9. The molecule has 5 heterocycles. The third-order valence-corrected chi connectivity index (χ3v) is 7.95. The van der Waals surface area contributed by atoms with Crippen molar-refractivity contribution in [2.24, 2.45) is 0 Å². The molecule has 0 bridgehead atoms. The first-order chi connectivity index (χ1) is 18.7. The smallest absolute Gasteiger partial charge is 0.238 e. The van der Waals surface area contributed by atoms with Gasteiger partial charge in [0.1, 0.15) is 17.2 Å². The summed E-state index contributed by atoms with van der Waals surface area (Å²) < 4.78 is 15.2. The highest BCUT2D eigenvalue weighted by Crippen LogP contribution is 2.33. The number of imidazole rings is 1. The zero-order valence-electron chi connectivity index (χ0n) is 22.0. The van der Waals surface area contributed by atoms with Gasteiger partial charge in [0, 0.05) is 43.3 Å². The zero-order valence-corrected chi connectivity index (χ0v) is 22.8. The number of hydrogen-bond acceptors (Lipinski definition) is 9. The molecule has 4 aromatic rings. The number of anilines is 2. The molecule has 10 nitrogen and oxygen atoms in total. The zero-order chi connectivity index (χ0) is 25.9. The van der Waals surface area contributed by atoms with Gasteiger partial charge in [0.2, 0.25) is 5.88 Å². The topological polar surface area (TPSA) is 95.1 Å². The highest BCUT2D eigenvalue weighted by Gasteiger charge is 2.22. The van der Waals surface area contributed by atoms with Crippen LogP contribution in [-0.2, 0) is 24.1 Å². The fraction of sp³-hybridized carbons (Fsp3) is 0.481. The molecule has 0 atom stereocenters. The molecule has 1 N–H and O–H groups in total. The summed E-state index contributed by atoms with van der Waals surface area (Å²) in [5.74, 6) is 1.63. The number of thiazole rings is 1. The van der Waals surface area contributed by atoms with E-state index in [0.717, 1.165) is 92.4 Å². The number of morpholine rings is 1. The minimum Gasteiger partial charge on any atom is -0.479 e. The van der Waals surface area contributed by atoms with Crippen molar-refractivity contribution in [3.63, 3.8) is 0 Å². The Labute approximate surface area is 226 Å². The fourth-order valence-electron chi connectivity index (χ4n) is 5.20. The molecule has 0 aromatic carbocycles. The summed E-state index contributed by atoms with van der Waals surface area (Å²) in [5.41, 5.74) is 5.95. The molecular formula is C27H34N8O2S. The molecular weight excluding hydrogens is 500 g/mol. The monoisotopic (exact) mass is 534 g/mol. The Morgan fingerprint density at radius 1 is 1.08 bits per heavy atom. The summed E-state index contributed by atoms with van der Waals surface area (Å²) in [6.07, 6.45) is 9.31. The number of aryl methyl sites for hydroxylation is 3. The van der Waals surface area contributed by atoms with Gasteiger partial charge in [-0.3, -0.25) is 4.90 Å². The third-order valence-electron chi connectivity index (χ3n) is 7.19. The molecule has 0 spiro atoms. The third kappa shape index (κ3) is 5.31. The van der Waals surface area contributed by atoms with E-state index in [9.17, 15) is 0 Å². The molecule has 1 aliphatic carbocycles. The van der Waals surface area contributed by atoms with Crippen LogP contribution in [0.25, 0.3) is 17.1 Å². The Balaban J connectivity index is 1.20. The molecule has 1 saturated heterocycles. The van der Waals surface area contributed by atoms with E-state index in [1.54, 1.807) is 24.8 Å². The number of ether oxygens (including phenoxy) is 2. The molecule has 1 aliphatic heterocycles. The number of fused-ring (bicyclic) bond motifs is 1. The quantitative estimate of drug-likeness (QED) is 0.341. The van der Waals surface area contributed by atoms with Crippen molar-refractivity contribution in [3.05, 3.63) is 47.0 Å². The largest absolute Gasteiger partial charge is 0.479 e. The average Bonchev–Trinajstić information content (AvgIpc) is 3.68. The van der Waals surface area contributed by atoms with E-state index in [2.05, 4.69) is 19.9 Å². The van der Waals surface area contributed by atoms with Crippen molar-refractivity contribution in [2.75, 3.05) is 45.3 Å². The van der Waals surface area contributed by atoms with Gasteiger partial charge in [-0.1, -0.05) is 0 Å². The van der Waals surface area contributed by atoms with Crippen molar-refractivity contribution in [2.45, 2.75) is 45.6 Å². The first-order valence-corrected chi connectivity index (χ1v) is 14.2. The van der Waals surface area contributed by atoms with E-state index < -0.39 is 0 Å². The van der Waals surface area contributed by atoms with Gasteiger partial charge >= 0.3 is 0 Å². The van der Waals surface area contributed by atoms with Crippen LogP contribution in [0.1, 0.15) is 36.2 Å². The molecule has 0 saturated carbocycles. The van der Waals surface area contributed by atoms with Gasteiger partial charge in [-0.15, -0.1) is 11.3 Å². The molecule has 4 aromatic heterocycles. The maximum absolute atomic E-state index is 5.60. The van der Waals surface area contributed by atoms with Crippen molar-refractivity contribution in [1.82, 2.24) is 34.2 Å². The van der Waals surface area contributed by atoms with E-state index >= 15 is 0 Å². The second-order valence-corrected chi connectivity index (χ2v) is 10.7. The van der Waals surface area contributed by atoms with Crippen LogP contribution >= 0.6 is 11.3 Å². The first-order valence-electron chi connectivity index (χ1n) is 13.4. The molecule has 38 heavy (non-hydrogen) atoms. The van der Waals surface area contributed by atoms with E-state index in [1.807, 2.05) is 35.2 Å². The number of nitrogens with zero attached hydrogens (tertiary/aromatic N) is 7. The van der Waals surface area contributed by atoms with Crippen LogP contribution in [0, 0.1) is 6.92 Å². The number of methoxy groups -OCH3 is 1.